The van der Waals surface area contributed by atoms with Crippen LogP contribution >= 0.6 is 23.2 Å². The van der Waals surface area contributed by atoms with Crippen molar-refractivity contribution < 1.29 is 9.15 Å². The number of ether oxygens (including phenoxy) is 1. The van der Waals surface area contributed by atoms with E-state index in [0.29, 0.717) is 22.3 Å². The van der Waals surface area contributed by atoms with Crippen LogP contribution in [0.3, 0.4) is 0 Å². The molecular formula is C10H8Cl2N2O3. The number of nitrogens with zero attached hydrogens (tertiary/aromatic N) is 2. The summed E-state index contributed by atoms with van der Waals surface area (Å²) in [5.74, 6) is -0.646. The van der Waals surface area contributed by atoms with E-state index in [1.54, 1.807) is 19.1 Å². The molecule has 0 spiro atoms. The van der Waals surface area contributed by atoms with Crippen molar-refractivity contribution in [2.24, 2.45) is 0 Å². The highest BCUT2D eigenvalue weighted by atomic mass is 35.5. The van der Waals surface area contributed by atoms with Gasteiger partial charge in [0.1, 0.15) is 0 Å². The van der Waals surface area contributed by atoms with Crippen molar-refractivity contribution in [3.63, 3.8) is 0 Å². The molecule has 17 heavy (non-hydrogen) atoms. The average Bonchev–Trinajstić information content (AvgIpc) is 2.64. The molecule has 2 rings (SSSR count). The lowest BCUT2D eigenvalue weighted by Crippen LogP contribution is -2.13. The zero-order valence-electron chi connectivity index (χ0n) is 8.81. The quantitative estimate of drug-likeness (QED) is 0.863. The number of hydrogen-bond donors (Lipinski definition) is 0. The van der Waals surface area contributed by atoms with Gasteiger partial charge in [-0.3, -0.25) is 0 Å². The van der Waals surface area contributed by atoms with Crippen molar-refractivity contribution in [1.29, 1.82) is 0 Å². The molecule has 0 saturated carbocycles. The normalized spacial score (nSPS) is 10.5. The molecule has 0 saturated heterocycles. The van der Waals surface area contributed by atoms with Crippen LogP contribution in [-0.2, 0) is 0 Å². The lowest BCUT2D eigenvalue weighted by atomic mass is 10.3. The van der Waals surface area contributed by atoms with Crippen molar-refractivity contribution in [3.05, 3.63) is 38.8 Å². The van der Waals surface area contributed by atoms with Crippen molar-refractivity contribution in [2.45, 2.75) is 6.92 Å². The van der Waals surface area contributed by atoms with Crippen molar-refractivity contribution >= 4 is 23.2 Å². The van der Waals surface area contributed by atoms with Crippen molar-refractivity contribution in [1.82, 2.24) is 9.78 Å². The van der Waals surface area contributed by atoms with Gasteiger partial charge in [-0.25, -0.2) is 4.79 Å². The average molecular weight is 275 g/mol. The van der Waals surface area contributed by atoms with E-state index in [9.17, 15) is 4.79 Å². The fourth-order valence-corrected chi connectivity index (χ4v) is 1.51. The Bertz CT molecular complexity index is 591. The Balaban J connectivity index is 2.45. The summed E-state index contributed by atoms with van der Waals surface area (Å²) in [5.41, 5.74) is 0.458. The molecule has 0 N–H and O–H groups in total. The first-order valence-electron chi connectivity index (χ1n) is 4.80. The van der Waals surface area contributed by atoms with E-state index in [-0.39, 0.29) is 6.08 Å². The standard InChI is InChI=1S/C10H8Cl2N2O3/c1-2-16-9-13-14(10(15)17-9)6-3-4-7(11)8(12)5-6/h3-5H,2H2,1H3. The molecule has 0 aliphatic rings. The summed E-state index contributed by atoms with van der Waals surface area (Å²) in [6.45, 7) is 2.12. The second-order valence-corrected chi connectivity index (χ2v) is 3.89. The highest BCUT2D eigenvalue weighted by Crippen LogP contribution is 2.23. The zero-order valence-corrected chi connectivity index (χ0v) is 10.3. The fraction of sp³-hybridized carbons (Fsp3) is 0.200. The molecule has 0 atom stereocenters. The Morgan fingerprint density at radius 3 is 2.82 bits per heavy atom. The van der Waals surface area contributed by atoms with Gasteiger partial charge < -0.3 is 9.15 Å². The fourth-order valence-electron chi connectivity index (χ4n) is 1.22. The molecule has 1 heterocycles. The van der Waals surface area contributed by atoms with E-state index in [1.165, 1.54) is 6.07 Å². The van der Waals surface area contributed by atoms with E-state index in [2.05, 4.69) is 5.10 Å². The minimum Gasteiger partial charge on any atom is -0.449 e. The zero-order chi connectivity index (χ0) is 12.4. The topological polar surface area (TPSA) is 57.3 Å². The van der Waals surface area contributed by atoms with E-state index in [0.717, 1.165) is 4.68 Å². The largest absolute Gasteiger partial charge is 0.449 e. The van der Waals surface area contributed by atoms with Crippen molar-refractivity contribution in [2.75, 3.05) is 6.61 Å². The minimum absolute atomic E-state index is 0.0800. The minimum atomic E-state index is -0.646. The number of hydrogen-bond acceptors (Lipinski definition) is 4. The number of halogens is 2. The number of benzene rings is 1. The van der Waals surface area contributed by atoms with Gasteiger partial charge in [0.15, 0.2) is 0 Å². The molecule has 0 radical (unpaired) electrons. The Morgan fingerprint density at radius 2 is 2.18 bits per heavy atom. The van der Waals surface area contributed by atoms with Gasteiger partial charge in [-0.2, -0.15) is 4.68 Å². The first kappa shape index (κ1) is 12.0. The maximum absolute atomic E-state index is 11.5. The van der Waals surface area contributed by atoms with Gasteiger partial charge in [0, 0.05) is 0 Å². The highest BCUT2D eigenvalue weighted by molar-refractivity contribution is 6.42. The van der Waals surface area contributed by atoms with Gasteiger partial charge in [0.2, 0.25) is 0 Å². The summed E-state index contributed by atoms with van der Waals surface area (Å²) in [6.07, 6.45) is -0.0800. The molecular weight excluding hydrogens is 267 g/mol. The molecule has 0 unspecified atom stereocenters. The molecule has 0 bridgehead atoms. The third-order valence-corrected chi connectivity index (χ3v) is 2.68. The molecule has 0 aliphatic heterocycles. The van der Waals surface area contributed by atoms with Gasteiger partial charge in [0.05, 0.1) is 22.3 Å². The first-order valence-corrected chi connectivity index (χ1v) is 5.56. The Hall–Kier alpha value is -1.46. The predicted molar refractivity (Wildman–Crippen MR) is 63.3 cm³/mol. The van der Waals surface area contributed by atoms with E-state index >= 15 is 0 Å². The van der Waals surface area contributed by atoms with Crippen LogP contribution < -0.4 is 10.5 Å². The van der Waals surface area contributed by atoms with E-state index in [1.807, 2.05) is 0 Å². The summed E-state index contributed by atoms with van der Waals surface area (Å²) in [5, 5.41) is 4.58. The van der Waals surface area contributed by atoms with Crippen LogP contribution in [0, 0.1) is 0 Å². The summed E-state index contributed by atoms with van der Waals surface area (Å²) >= 11 is 11.6. The van der Waals surface area contributed by atoms with Crippen LogP contribution in [-0.4, -0.2) is 16.4 Å². The lowest BCUT2D eigenvalue weighted by Gasteiger charge is -2.00. The van der Waals surface area contributed by atoms with Crippen LogP contribution in [0.2, 0.25) is 10.0 Å². The number of aromatic nitrogens is 2. The number of rotatable bonds is 3. The SMILES string of the molecule is CCOc1nn(-c2ccc(Cl)c(Cl)c2)c(=O)o1. The Morgan fingerprint density at radius 1 is 1.41 bits per heavy atom. The van der Waals surface area contributed by atoms with Crippen LogP contribution in [0.15, 0.2) is 27.4 Å². The van der Waals surface area contributed by atoms with E-state index in [4.69, 9.17) is 32.4 Å². The van der Waals surface area contributed by atoms with Gasteiger partial charge >= 0.3 is 11.8 Å². The molecule has 90 valence electrons. The Labute approximate surface area is 107 Å². The molecule has 5 nitrogen and oxygen atoms in total. The lowest BCUT2D eigenvalue weighted by molar-refractivity contribution is 0.238. The van der Waals surface area contributed by atoms with Gasteiger partial charge in [-0.05, 0) is 25.1 Å². The third kappa shape index (κ3) is 2.45. The van der Waals surface area contributed by atoms with Gasteiger partial charge in [0.25, 0.3) is 0 Å². The second kappa shape index (κ2) is 4.81. The van der Waals surface area contributed by atoms with Crippen LogP contribution in [0.4, 0.5) is 0 Å². The molecule has 7 heteroatoms. The summed E-state index contributed by atoms with van der Waals surface area (Å²) in [7, 11) is 0. The van der Waals surface area contributed by atoms with E-state index < -0.39 is 5.76 Å². The summed E-state index contributed by atoms with van der Waals surface area (Å²) < 4.78 is 10.8. The van der Waals surface area contributed by atoms with Crippen LogP contribution in [0.25, 0.3) is 5.69 Å². The van der Waals surface area contributed by atoms with Gasteiger partial charge in [-0.15, -0.1) is 0 Å². The first-order chi connectivity index (χ1) is 8.11. The summed E-state index contributed by atoms with van der Waals surface area (Å²) in [4.78, 5) is 11.5. The Kier molecular flexibility index (Phi) is 3.40. The smallest absolute Gasteiger partial charge is 0.444 e. The second-order valence-electron chi connectivity index (χ2n) is 3.08. The molecule has 2 aromatic rings. The summed E-state index contributed by atoms with van der Waals surface area (Å²) in [6, 6.07) is 4.69. The predicted octanol–water partition coefficient (Wildman–Crippen LogP) is 2.53. The van der Waals surface area contributed by atoms with Crippen molar-refractivity contribution in [3.8, 4) is 11.8 Å². The van der Waals surface area contributed by atoms with Crippen LogP contribution in [0.5, 0.6) is 6.08 Å². The molecule has 0 aliphatic carbocycles. The maximum atomic E-state index is 11.5. The third-order valence-electron chi connectivity index (χ3n) is 1.94. The molecule has 1 aromatic carbocycles. The highest BCUT2D eigenvalue weighted by Gasteiger charge is 2.11. The molecule has 0 amide bonds. The molecule has 0 fully saturated rings. The van der Waals surface area contributed by atoms with Crippen LogP contribution in [0.1, 0.15) is 6.92 Å². The van der Waals surface area contributed by atoms with Gasteiger partial charge in [-0.1, -0.05) is 28.3 Å². The monoisotopic (exact) mass is 274 g/mol. The maximum Gasteiger partial charge on any atom is 0.444 e. The molecule has 1 aromatic heterocycles.